The molecule has 1 atom stereocenters. The van der Waals surface area contributed by atoms with Crippen LogP contribution in [0.2, 0.25) is 0 Å². The summed E-state index contributed by atoms with van der Waals surface area (Å²) in [7, 11) is 0. The number of aliphatic hydroxyl groups is 1. The van der Waals surface area contributed by atoms with E-state index in [0.717, 1.165) is 36.9 Å². The van der Waals surface area contributed by atoms with E-state index in [-0.39, 0.29) is 18.6 Å². The molecule has 4 N–H and O–H groups in total. The topological polar surface area (TPSA) is 75.4 Å². The van der Waals surface area contributed by atoms with Crippen LogP contribution in [0.1, 0.15) is 38.2 Å². The Morgan fingerprint density at radius 1 is 1.47 bits per heavy atom. The van der Waals surface area contributed by atoms with Crippen LogP contribution in [-0.2, 0) is 11.2 Å². The SMILES string of the molecule is CCCC(N)CC(=O)Nc1cccc(CCCO)c1. The molecule has 0 radical (unpaired) electrons. The van der Waals surface area contributed by atoms with E-state index in [0.29, 0.717) is 6.42 Å². The van der Waals surface area contributed by atoms with Gasteiger partial charge < -0.3 is 16.2 Å². The summed E-state index contributed by atoms with van der Waals surface area (Å²) >= 11 is 0. The quantitative estimate of drug-likeness (QED) is 0.673. The van der Waals surface area contributed by atoms with Gasteiger partial charge >= 0.3 is 0 Å². The first-order chi connectivity index (χ1) is 9.15. The second-order valence-electron chi connectivity index (χ2n) is 4.83. The van der Waals surface area contributed by atoms with Crippen molar-refractivity contribution in [1.29, 1.82) is 0 Å². The van der Waals surface area contributed by atoms with E-state index in [4.69, 9.17) is 10.8 Å². The Morgan fingerprint density at radius 3 is 2.95 bits per heavy atom. The lowest BCUT2D eigenvalue weighted by Crippen LogP contribution is -2.26. The third kappa shape index (κ3) is 6.36. The normalized spacial score (nSPS) is 12.2. The van der Waals surface area contributed by atoms with Crippen molar-refractivity contribution in [3.8, 4) is 0 Å². The van der Waals surface area contributed by atoms with Gasteiger partial charge in [-0.3, -0.25) is 4.79 Å². The largest absolute Gasteiger partial charge is 0.396 e. The number of nitrogens with two attached hydrogens (primary N) is 1. The zero-order valence-electron chi connectivity index (χ0n) is 11.6. The molecule has 19 heavy (non-hydrogen) atoms. The van der Waals surface area contributed by atoms with Crippen molar-refractivity contribution < 1.29 is 9.90 Å². The van der Waals surface area contributed by atoms with Gasteiger partial charge in [0.25, 0.3) is 0 Å². The smallest absolute Gasteiger partial charge is 0.225 e. The third-order valence-electron chi connectivity index (χ3n) is 2.94. The van der Waals surface area contributed by atoms with Crippen LogP contribution in [0.15, 0.2) is 24.3 Å². The number of hydrogen-bond acceptors (Lipinski definition) is 3. The molecule has 106 valence electrons. The highest BCUT2D eigenvalue weighted by molar-refractivity contribution is 5.91. The second kappa shape index (κ2) is 8.67. The number of nitrogens with one attached hydrogen (secondary N) is 1. The number of carbonyl (C=O) groups excluding carboxylic acids is 1. The minimum Gasteiger partial charge on any atom is -0.396 e. The first kappa shape index (κ1) is 15.7. The first-order valence-corrected chi connectivity index (χ1v) is 6.91. The molecule has 1 amide bonds. The van der Waals surface area contributed by atoms with Crippen LogP contribution in [0.25, 0.3) is 0 Å². The molecule has 0 aliphatic carbocycles. The maximum absolute atomic E-state index is 11.8. The molecule has 0 spiro atoms. The van der Waals surface area contributed by atoms with Crippen LogP contribution in [-0.4, -0.2) is 23.7 Å². The van der Waals surface area contributed by atoms with Crippen LogP contribution in [0.5, 0.6) is 0 Å². The van der Waals surface area contributed by atoms with E-state index in [1.54, 1.807) is 0 Å². The maximum atomic E-state index is 11.8. The second-order valence-corrected chi connectivity index (χ2v) is 4.83. The third-order valence-corrected chi connectivity index (χ3v) is 2.94. The van der Waals surface area contributed by atoms with Gasteiger partial charge in [0.1, 0.15) is 0 Å². The average molecular weight is 264 g/mol. The van der Waals surface area contributed by atoms with Crippen molar-refractivity contribution in [3.05, 3.63) is 29.8 Å². The predicted octanol–water partition coefficient (Wildman–Crippen LogP) is 2.07. The van der Waals surface area contributed by atoms with Gasteiger partial charge in [-0.05, 0) is 37.0 Å². The van der Waals surface area contributed by atoms with Gasteiger partial charge in [0.2, 0.25) is 5.91 Å². The lowest BCUT2D eigenvalue weighted by molar-refractivity contribution is -0.116. The molecule has 0 saturated heterocycles. The molecular formula is C15H24N2O2. The Balaban J connectivity index is 2.49. The Kier molecular flexibility index (Phi) is 7.15. The Hall–Kier alpha value is -1.39. The van der Waals surface area contributed by atoms with Crippen LogP contribution < -0.4 is 11.1 Å². The number of aliphatic hydroxyl groups excluding tert-OH is 1. The van der Waals surface area contributed by atoms with Crippen LogP contribution in [0, 0.1) is 0 Å². The summed E-state index contributed by atoms with van der Waals surface area (Å²) in [6.07, 6.45) is 3.76. The lowest BCUT2D eigenvalue weighted by Gasteiger charge is -2.11. The number of rotatable bonds is 8. The molecule has 0 heterocycles. The molecule has 0 aliphatic rings. The molecule has 0 aromatic heterocycles. The molecule has 4 heteroatoms. The molecule has 4 nitrogen and oxygen atoms in total. The van der Waals surface area contributed by atoms with E-state index in [9.17, 15) is 4.79 Å². The van der Waals surface area contributed by atoms with Gasteiger partial charge in [-0.15, -0.1) is 0 Å². The molecule has 1 rings (SSSR count). The van der Waals surface area contributed by atoms with Crippen molar-refractivity contribution in [1.82, 2.24) is 0 Å². The minimum absolute atomic E-state index is 0.0414. The van der Waals surface area contributed by atoms with Crippen molar-refractivity contribution >= 4 is 11.6 Å². The zero-order valence-corrected chi connectivity index (χ0v) is 11.6. The van der Waals surface area contributed by atoms with Gasteiger partial charge in [-0.1, -0.05) is 25.5 Å². The monoisotopic (exact) mass is 264 g/mol. The molecule has 0 fully saturated rings. The number of amides is 1. The minimum atomic E-state index is -0.0671. The van der Waals surface area contributed by atoms with Crippen LogP contribution >= 0.6 is 0 Å². The Bertz CT molecular complexity index is 393. The van der Waals surface area contributed by atoms with Gasteiger partial charge in [-0.2, -0.15) is 0 Å². The number of carbonyl (C=O) groups is 1. The van der Waals surface area contributed by atoms with Crippen molar-refractivity contribution in [2.45, 2.75) is 45.1 Å². The van der Waals surface area contributed by atoms with E-state index in [1.165, 1.54) is 0 Å². The summed E-state index contributed by atoms with van der Waals surface area (Å²) in [4.78, 5) is 11.8. The standard InChI is InChI=1S/C15H24N2O2/c1-2-5-13(16)11-15(19)17-14-8-3-6-12(10-14)7-4-9-18/h3,6,8,10,13,18H,2,4-5,7,9,11,16H2,1H3,(H,17,19). The highest BCUT2D eigenvalue weighted by Crippen LogP contribution is 2.13. The van der Waals surface area contributed by atoms with E-state index in [2.05, 4.69) is 12.2 Å². The van der Waals surface area contributed by atoms with Crippen molar-refractivity contribution in [3.63, 3.8) is 0 Å². The summed E-state index contributed by atoms with van der Waals surface area (Å²) in [5, 5.41) is 11.7. The number of benzene rings is 1. The van der Waals surface area contributed by atoms with Crippen LogP contribution in [0.3, 0.4) is 0 Å². The summed E-state index contributed by atoms with van der Waals surface area (Å²) in [5.41, 5.74) is 7.76. The zero-order chi connectivity index (χ0) is 14.1. The summed E-state index contributed by atoms with van der Waals surface area (Å²) in [6, 6.07) is 7.65. The predicted molar refractivity (Wildman–Crippen MR) is 78.0 cm³/mol. The Labute approximate surface area is 115 Å². The van der Waals surface area contributed by atoms with Gasteiger partial charge in [0, 0.05) is 24.8 Å². The molecule has 1 aromatic carbocycles. The Morgan fingerprint density at radius 2 is 2.26 bits per heavy atom. The van der Waals surface area contributed by atoms with Crippen LogP contribution in [0.4, 0.5) is 5.69 Å². The maximum Gasteiger partial charge on any atom is 0.225 e. The molecule has 1 aromatic rings. The van der Waals surface area contributed by atoms with Gasteiger partial charge in [0.05, 0.1) is 0 Å². The first-order valence-electron chi connectivity index (χ1n) is 6.91. The van der Waals surface area contributed by atoms with E-state index < -0.39 is 0 Å². The fourth-order valence-electron chi connectivity index (χ4n) is 2.01. The lowest BCUT2D eigenvalue weighted by atomic mass is 10.1. The molecule has 0 bridgehead atoms. The van der Waals surface area contributed by atoms with Crippen molar-refractivity contribution in [2.75, 3.05) is 11.9 Å². The van der Waals surface area contributed by atoms with Gasteiger partial charge in [0.15, 0.2) is 0 Å². The number of hydrogen-bond donors (Lipinski definition) is 3. The van der Waals surface area contributed by atoms with E-state index in [1.807, 2.05) is 24.3 Å². The molecular weight excluding hydrogens is 240 g/mol. The van der Waals surface area contributed by atoms with E-state index >= 15 is 0 Å². The molecule has 0 aliphatic heterocycles. The average Bonchev–Trinajstić information content (AvgIpc) is 2.36. The van der Waals surface area contributed by atoms with Crippen molar-refractivity contribution in [2.24, 2.45) is 5.73 Å². The fourth-order valence-corrected chi connectivity index (χ4v) is 2.01. The molecule has 1 unspecified atom stereocenters. The highest BCUT2D eigenvalue weighted by atomic mass is 16.2. The van der Waals surface area contributed by atoms with Gasteiger partial charge in [-0.25, -0.2) is 0 Å². The summed E-state index contributed by atoms with van der Waals surface area (Å²) in [5.74, 6) is -0.0414. The fraction of sp³-hybridized carbons (Fsp3) is 0.533. The number of anilines is 1. The highest BCUT2D eigenvalue weighted by Gasteiger charge is 2.09. The summed E-state index contributed by atoms with van der Waals surface area (Å²) in [6.45, 7) is 2.24. The number of aryl methyl sites for hydroxylation is 1. The molecule has 0 saturated carbocycles. The summed E-state index contributed by atoms with van der Waals surface area (Å²) < 4.78 is 0.